The summed E-state index contributed by atoms with van der Waals surface area (Å²) in [5.74, 6) is -0.365. The van der Waals surface area contributed by atoms with E-state index in [0.717, 1.165) is 19.4 Å². The van der Waals surface area contributed by atoms with Crippen LogP contribution in [-0.2, 0) is 0 Å². The van der Waals surface area contributed by atoms with Gasteiger partial charge in [-0.15, -0.1) is 0 Å². The van der Waals surface area contributed by atoms with E-state index in [1.165, 1.54) is 11.1 Å². The fraction of sp³-hybridized carbons (Fsp3) is 0.619. The van der Waals surface area contributed by atoms with Crippen LogP contribution in [0.5, 0.6) is 6.01 Å². The minimum absolute atomic E-state index is 0.0153. The fourth-order valence-electron chi connectivity index (χ4n) is 5.38. The maximum absolute atomic E-state index is 14.9. The number of fused-ring (bicyclic) bond motifs is 2. The van der Waals surface area contributed by atoms with Crippen molar-refractivity contribution in [1.29, 1.82) is 0 Å². The van der Waals surface area contributed by atoms with Gasteiger partial charge in [-0.05, 0) is 26.3 Å². The molecule has 0 spiro atoms. The number of nitrogens with zero attached hydrogens (tertiary/aromatic N) is 6. The van der Waals surface area contributed by atoms with Crippen molar-refractivity contribution in [3.63, 3.8) is 0 Å². The molecule has 3 aliphatic heterocycles. The molecule has 0 bridgehead atoms. The predicted octanol–water partition coefficient (Wildman–Crippen LogP) is 2.96. The fourth-order valence-corrected chi connectivity index (χ4v) is 5.51. The highest BCUT2D eigenvalue weighted by atomic mass is 35.5. The molecular weight excluding hydrogens is 458 g/mol. The standard InChI is InChI=1S/C21H25ClF2N6O3/c1-12-9-28(20(31)32)5-6-30(12)18-14-8-25-17(22)15(24)16(14)26-19(27-18)33-11-21-3-2-4-29(21)10-13(23)7-21/h8,12-13H,2-7,9-11H2,1H3,(H,31,32)/t12-,13+,21-/m0/s1. The third kappa shape index (κ3) is 3.90. The van der Waals surface area contributed by atoms with E-state index in [-0.39, 0.29) is 42.4 Å². The molecule has 1 N–H and O–H groups in total. The van der Waals surface area contributed by atoms with Crippen LogP contribution in [-0.4, -0.2) is 93.0 Å². The van der Waals surface area contributed by atoms with Crippen LogP contribution >= 0.6 is 11.6 Å². The number of amides is 1. The molecule has 0 radical (unpaired) electrons. The second-order valence-corrected chi connectivity index (χ2v) is 9.45. The number of pyridine rings is 1. The summed E-state index contributed by atoms with van der Waals surface area (Å²) in [6.07, 6.45) is 1.73. The summed E-state index contributed by atoms with van der Waals surface area (Å²) in [4.78, 5) is 29.5. The normalized spacial score (nSPS) is 27.9. The maximum Gasteiger partial charge on any atom is 0.407 e. The third-order valence-corrected chi connectivity index (χ3v) is 7.27. The van der Waals surface area contributed by atoms with E-state index in [9.17, 15) is 18.7 Å². The Kier molecular flexibility index (Phi) is 5.64. The number of rotatable bonds is 4. The van der Waals surface area contributed by atoms with Crippen LogP contribution in [0.2, 0.25) is 5.15 Å². The Morgan fingerprint density at radius 2 is 2.15 bits per heavy atom. The lowest BCUT2D eigenvalue weighted by Gasteiger charge is -2.39. The van der Waals surface area contributed by atoms with Gasteiger partial charge in [0.2, 0.25) is 0 Å². The topological polar surface area (TPSA) is 94.9 Å². The van der Waals surface area contributed by atoms with Crippen LogP contribution in [0, 0.1) is 5.82 Å². The van der Waals surface area contributed by atoms with E-state index < -0.39 is 23.6 Å². The van der Waals surface area contributed by atoms with Gasteiger partial charge in [-0.1, -0.05) is 11.6 Å². The Hall–Kier alpha value is -2.53. The molecule has 3 fully saturated rings. The van der Waals surface area contributed by atoms with Gasteiger partial charge in [0.15, 0.2) is 11.0 Å². The molecule has 2 aromatic heterocycles. The lowest BCUT2D eigenvalue weighted by Crippen LogP contribution is -2.53. The SMILES string of the molecule is C[C@H]1CN(C(=O)O)CCN1c1nc(OC[C@@]23CCCN2C[C@H](F)C3)nc2c(F)c(Cl)ncc12. The Balaban J connectivity index is 1.49. The van der Waals surface area contributed by atoms with Crippen LogP contribution < -0.4 is 9.64 Å². The number of alkyl halides is 1. The van der Waals surface area contributed by atoms with Crippen LogP contribution in [0.4, 0.5) is 19.4 Å². The Bertz CT molecular complexity index is 1090. The highest BCUT2D eigenvalue weighted by Gasteiger charge is 2.49. The summed E-state index contributed by atoms with van der Waals surface area (Å²) in [6.45, 7) is 4.23. The zero-order valence-corrected chi connectivity index (χ0v) is 18.9. The van der Waals surface area contributed by atoms with E-state index in [0.29, 0.717) is 30.7 Å². The van der Waals surface area contributed by atoms with Crippen molar-refractivity contribution in [3.8, 4) is 6.01 Å². The molecule has 3 atom stereocenters. The average molecular weight is 483 g/mol. The van der Waals surface area contributed by atoms with Gasteiger partial charge in [0.25, 0.3) is 0 Å². The molecule has 3 aliphatic rings. The van der Waals surface area contributed by atoms with Crippen molar-refractivity contribution in [2.45, 2.75) is 43.9 Å². The van der Waals surface area contributed by atoms with E-state index in [2.05, 4.69) is 19.9 Å². The first-order valence-electron chi connectivity index (χ1n) is 11.1. The van der Waals surface area contributed by atoms with Gasteiger partial charge in [-0.3, -0.25) is 4.90 Å². The maximum atomic E-state index is 14.9. The quantitative estimate of drug-likeness (QED) is 0.665. The zero-order valence-electron chi connectivity index (χ0n) is 18.2. The Morgan fingerprint density at radius 1 is 1.33 bits per heavy atom. The second kappa shape index (κ2) is 8.35. The summed E-state index contributed by atoms with van der Waals surface area (Å²) < 4.78 is 35.0. The molecule has 0 aromatic carbocycles. The highest BCUT2D eigenvalue weighted by Crippen LogP contribution is 2.40. The summed E-state index contributed by atoms with van der Waals surface area (Å²) in [5.41, 5.74) is -0.411. The van der Waals surface area contributed by atoms with Gasteiger partial charge in [0.1, 0.15) is 24.1 Å². The van der Waals surface area contributed by atoms with Crippen molar-refractivity contribution in [1.82, 2.24) is 24.8 Å². The van der Waals surface area contributed by atoms with Crippen LogP contribution in [0.25, 0.3) is 10.9 Å². The van der Waals surface area contributed by atoms with Gasteiger partial charge in [0, 0.05) is 44.8 Å². The minimum atomic E-state index is -0.985. The lowest BCUT2D eigenvalue weighted by molar-refractivity contribution is 0.107. The second-order valence-electron chi connectivity index (χ2n) is 9.09. The van der Waals surface area contributed by atoms with Gasteiger partial charge >= 0.3 is 12.1 Å². The molecule has 12 heteroatoms. The largest absolute Gasteiger partial charge is 0.465 e. The van der Waals surface area contributed by atoms with Gasteiger partial charge < -0.3 is 19.6 Å². The summed E-state index contributed by atoms with van der Waals surface area (Å²) >= 11 is 5.91. The molecule has 0 aliphatic carbocycles. The van der Waals surface area contributed by atoms with Crippen molar-refractivity contribution < 1.29 is 23.4 Å². The predicted molar refractivity (Wildman–Crippen MR) is 117 cm³/mol. The lowest BCUT2D eigenvalue weighted by atomic mass is 9.95. The number of aromatic nitrogens is 3. The van der Waals surface area contributed by atoms with Crippen molar-refractivity contribution >= 4 is 34.4 Å². The van der Waals surface area contributed by atoms with Crippen LogP contribution in [0.1, 0.15) is 26.2 Å². The molecule has 5 rings (SSSR count). The van der Waals surface area contributed by atoms with E-state index in [1.807, 2.05) is 11.8 Å². The third-order valence-electron chi connectivity index (χ3n) is 7.00. The molecule has 3 saturated heterocycles. The number of piperazine rings is 1. The smallest absolute Gasteiger partial charge is 0.407 e. The molecule has 5 heterocycles. The molecule has 1 amide bonds. The molecule has 2 aromatic rings. The Labute approximate surface area is 194 Å². The first-order valence-corrected chi connectivity index (χ1v) is 11.4. The minimum Gasteiger partial charge on any atom is -0.465 e. The van der Waals surface area contributed by atoms with Crippen molar-refractivity contribution in [2.24, 2.45) is 0 Å². The zero-order chi connectivity index (χ0) is 23.3. The summed E-state index contributed by atoms with van der Waals surface area (Å²) in [6, 6.07) is -0.236. The highest BCUT2D eigenvalue weighted by molar-refractivity contribution is 6.30. The summed E-state index contributed by atoms with van der Waals surface area (Å²) in [7, 11) is 0. The van der Waals surface area contributed by atoms with Gasteiger partial charge in [0.05, 0.1) is 10.9 Å². The Morgan fingerprint density at radius 3 is 2.91 bits per heavy atom. The van der Waals surface area contributed by atoms with E-state index >= 15 is 0 Å². The van der Waals surface area contributed by atoms with Crippen LogP contribution in [0.15, 0.2) is 6.20 Å². The van der Waals surface area contributed by atoms with Crippen LogP contribution in [0.3, 0.4) is 0 Å². The molecule has 0 unspecified atom stereocenters. The number of carbonyl (C=O) groups is 1. The van der Waals surface area contributed by atoms with Crippen molar-refractivity contribution in [3.05, 3.63) is 17.2 Å². The van der Waals surface area contributed by atoms with Crippen molar-refractivity contribution in [2.75, 3.05) is 44.2 Å². The number of anilines is 1. The molecule has 33 heavy (non-hydrogen) atoms. The average Bonchev–Trinajstić information content (AvgIpc) is 3.30. The number of carboxylic acid groups (broad SMARTS) is 1. The van der Waals surface area contributed by atoms with Gasteiger partial charge in [-0.2, -0.15) is 9.97 Å². The number of hydrogen-bond acceptors (Lipinski definition) is 7. The first kappa shape index (κ1) is 22.3. The molecule has 178 valence electrons. The molecule has 0 saturated carbocycles. The monoisotopic (exact) mass is 482 g/mol. The van der Waals surface area contributed by atoms with E-state index in [4.69, 9.17) is 16.3 Å². The number of hydrogen-bond donors (Lipinski definition) is 1. The summed E-state index contributed by atoms with van der Waals surface area (Å²) in [5, 5.41) is 9.38. The number of ether oxygens (including phenoxy) is 1. The number of halogens is 3. The first-order chi connectivity index (χ1) is 15.8. The molecular formula is C21H25ClF2N6O3. The van der Waals surface area contributed by atoms with E-state index in [1.54, 1.807) is 0 Å². The van der Waals surface area contributed by atoms with Gasteiger partial charge in [-0.25, -0.2) is 18.6 Å². The molecule has 9 nitrogen and oxygen atoms in total.